The lowest BCUT2D eigenvalue weighted by Gasteiger charge is -2.30. The normalized spacial score (nSPS) is 12.6. The molecule has 0 radical (unpaired) electrons. The largest absolute Gasteiger partial charge is 0.482 e. The molecule has 7 nitrogen and oxygen atoms in total. The Kier molecular flexibility index (Phi) is 5.85. The average molecular weight is 433 g/mol. The molecule has 8 heteroatoms. The number of hydrogen-bond donors (Lipinski definition) is 2. The fourth-order valence-electron chi connectivity index (χ4n) is 3.33. The maximum absolute atomic E-state index is 13.2. The van der Waals surface area contributed by atoms with Crippen LogP contribution in [0.15, 0.2) is 66.7 Å². The number of nitrogens with zero attached hydrogens (tertiary/aromatic N) is 1. The minimum atomic E-state index is -0.361. The van der Waals surface area contributed by atoms with E-state index in [0.717, 1.165) is 5.56 Å². The Balaban J connectivity index is 1.54. The topological polar surface area (TPSA) is 87.7 Å². The Hall–Kier alpha value is -4.20. The van der Waals surface area contributed by atoms with Crippen molar-refractivity contribution in [3.05, 3.63) is 83.7 Å². The SMILES string of the molecule is CC(=O)Nc1ccc(NC(=O)c2ccc3c(c2)N(Cc2ccc(F)cc2)C(=O)CO3)cc1. The number of hydrogen-bond acceptors (Lipinski definition) is 4. The first-order valence-electron chi connectivity index (χ1n) is 9.90. The fourth-order valence-corrected chi connectivity index (χ4v) is 3.33. The second kappa shape index (κ2) is 8.89. The highest BCUT2D eigenvalue weighted by Crippen LogP contribution is 2.34. The van der Waals surface area contributed by atoms with Crippen molar-refractivity contribution in [3.63, 3.8) is 0 Å². The third kappa shape index (κ3) is 4.75. The summed E-state index contributed by atoms with van der Waals surface area (Å²) in [7, 11) is 0. The van der Waals surface area contributed by atoms with Crippen LogP contribution < -0.4 is 20.3 Å². The van der Waals surface area contributed by atoms with Gasteiger partial charge in [0.25, 0.3) is 11.8 Å². The number of rotatable bonds is 5. The molecular formula is C24H20FN3O4. The molecule has 1 aliphatic heterocycles. The van der Waals surface area contributed by atoms with Crippen molar-refractivity contribution in [2.45, 2.75) is 13.5 Å². The molecule has 4 rings (SSSR count). The number of benzene rings is 3. The average Bonchev–Trinajstić information content (AvgIpc) is 2.77. The Morgan fingerprint density at radius 2 is 1.62 bits per heavy atom. The van der Waals surface area contributed by atoms with Crippen LogP contribution in [0.2, 0.25) is 0 Å². The van der Waals surface area contributed by atoms with Gasteiger partial charge in [-0.3, -0.25) is 14.4 Å². The number of halogens is 1. The van der Waals surface area contributed by atoms with Gasteiger partial charge in [0.05, 0.1) is 12.2 Å². The van der Waals surface area contributed by atoms with Gasteiger partial charge < -0.3 is 20.3 Å². The lowest BCUT2D eigenvalue weighted by molar-refractivity contribution is -0.121. The van der Waals surface area contributed by atoms with E-state index < -0.39 is 0 Å². The van der Waals surface area contributed by atoms with E-state index in [9.17, 15) is 18.8 Å². The van der Waals surface area contributed by atoms with Crippen LogP contribution in [0.4, 0.5) is 21.5 Å². The molecule has 0 fully saturated rings. The second-order valence-corrected chi connectivity index (χ2v) is 7.29. The first kappa shape index (κ1) is 21.0. The van der Waals surface area contributed by atoms with Gasteiger partial charge in [-0.1, -0.05) is 12.1 Å². The molecule has 0 spiro atoms. The Morgan fingerprint density at radius 3 is 2.28 bits per heavy atom. The van der Waals surface area contributed by atoms with Crippen LogP contribution in [0.1, 0.15) is 22.8 Å². The van der Waals surface area contributed by atoms with Crippen LogP contribution >= 0.6 is 0 Å². The predicted octanol–water partition coefficient (Wildman–Crippen LogP) is 3.96. The number of carbonyl (C=O) groups is 3. The van der Waals surface area contributed by atoms with E-state index in [1.807, 2.05) is 0 Å². The highest BCUT2D eigenvalue weighted by atomic mass is 19.1. The molecule has 0 atom stereocenters. The highest BCUT2D eigenvalue weighted by Gasteiger charge is 2.26. The standard InChI is InChI=1S/C24H20FN3O4/c1-15(29)26-19-7-9-20(10-8-19)27-24(31)17-4-11-22-21(12-17)28(23(30)14-32-22)13-16-2-5-18(25)6-3-16/h2-12H,13-14H2,1H3,(H,26,29)(H,27,31). The molecule has 0 aliphatic carbocycles. The molecule has 162 valence electrons. The minimum absolute atomic E-state index is 0.111. The molecule has 3 aromatic carbocycles. The zero-order valence-corrected chi connectivity index (χ0v) is 17.2. The molecule has 0 bridgehead atoms. The van der Waals surface area contributed by atoms with Gasteiger partial charge in [0.1, 0.15) is 11.6 Å². The first-order valence-corrected chi connectivity index (χ1v) is 9.90. The summed E-state index contributed by atoms with van der Waals surface area (Å²) in [5, 5.41) is 5.45. The third-order valence-corrected chi connectivity index (χ3v) is 4.88. The quantitative estimate of drug-likeness (QED) is 0.638. The van der Waals surface area contributed by atoms with Gasteiger partial charge in [0.2, 0.25) is 5.91 Å². The van der Waals surface area contributed by atoms with E-state index in [1.54, 1.807) is 54.6 Å². The number of carbonyl (C=O) groups excluding carboxylic acids is 3. The van der Waals surface area contributed by atoms with Crippen molar-refractivity contribution in [2.24, 2.45) is 0 Å². The highest BCUT2D eigenvalue weighted by molar-refractivity contribution is 6.06. The molecule has 1 heterocycles. The van der Waals surface area contributed by atoms with Gasteiger partial charge in [-0.25, -0.2) is 4.39 Å². The molecule has 0 unspecified atom stereocenters. The minimum Gasteiger partial charge on any atom is -0.482 e. The third-order valence-electron chi connectivity index (χ3n) is 4.88. The maximum Gasteiger partial charge on any atom is 0.265 e. The van der Waals surface area contributed by atoms with E-state index in [0.29, 0.717) is 28.4 Å². The van der Waals surface area contributed by atoms with Crippen molar-refractivity contribution in [2.75, 3.05) is 22.1 Å². The van der Waals surface area contributed by atoms with Gasteiger partial charge >= 0.3 is 0 Å². The molecule has 2 N–H and O–H groups in total. The molecule has 0 saturated carbocycles. The molecule has 3 aromatic rings. The Bertz CT molecular complexity index is 1180. The summed E-state index contributed by atoms with van der Waals surface area (Å²) in [5.41, 5.74) is 2.74. The van der Waals surface area contributed by atoms with Gasteiger partial charge in [-0.2, -0.15) is 0 Å². The van der Waals surface area contributed by atoms with E-state index >= 15 is 0 Å². The van der Waals surface area contributed by atoms with Crippen LogP contribution in [0.5, 0.6) is 5.75 Å². The molecule has 0 aromatic heterocycles. The van der Waals surface area contributed by atoms with Gasteiger partial charge in [-0.15, -0.1) is 0 Å². The molecular weight excluding hydrogens is 413 g/mol. The molecule has 1 aliphatic rings. The molecule has 32 heavy (non-hydrogen) atoms. The number of nitrogens with one attached hydrogen (secondary N) is 2. The number of ether oxygens (including phenoxy) is 1. The maximum atomic E-state index is 13.2. The molecule has 0 saturated heterocycles. The van der Waals surface area contributed by atoms with E-state index in [1.165, 1.54) is 24.0 Å². The van der Waals surface area contributed by atoms with Crippen molar-refractivity contribution in [3.8, 4) is 5.75 Å². The van der Waals surface area contributed by atoms with Gasteiger partial charge in [0.15, 0.2) is 6.61 Å². The summed E-state index contributed by atoms with van der Waals surface area (Å²) in [4.78, 5) is 37.9. The van der Waals surface area contributed by atoms with Crippen molar-refractivity contribution in [1.29, 1.82) is 0 Å². The van der Waals surface area contributed by atoms with E-state index in [2.05, 4.69) is 10.6 Å². The van der Waals surface area contributed by atoms with E-state index in [-0.39, 0.29) is 36.7 Å². The Morgan fingerprint density at radius 1 is 0.969 bits per heavy atom. The summed E-state index contributed by atoms with van der Waals surface area (Å²) >= 11 is 0. The first-order chi connectivity index (χ1) is 15.4. The van der Waals surface area contributed by atoms with E-state index in [4.69, 9.17) is 4.74 Å². The summed E-state index contributed by atoms with van der Waals surface area (Å²) in [6.45, 7) is 1.53. The summed E-state index contributed by atoms with van der Waals surface area (Å²) in [6, 6.07) is 17.5. The second-order valence-electron chi connectivity index (χ2n) is 7.29. The van der Waals surface area contributed by atoms with Crippen LogP contribution in [0, 0.1) is 5.82 Å². The van der Waals surface area contributed by atoms with Crippen LogP contribution in [0.3, 0.4) is 0 Å². The fraction of sp³-hybridized carbons (Fsp3) is 0.125. The number of fused-ring (bicyclic) bond motifs is 1. The molecule has 3 amide bonds. The predicted molar refractivity (Wildman–Crippen MR) is 118 cm³/mol. The van der Waals surface area contributed by atoms with Crippen LogP contribution in [-0.2, 0) is 16.1 Å². The van der Waals surface area contributed by atoms with Gasteiger partial charge in [-0.05, 0) is 60.2 Å². The van der Waals surface area contributed by atoms with Crippen molar-refractivity contribution in [1.82, 2.24) is 0 Å². The smallest absolute Gasteiger partial charge is 0.265 e. The van der Waals surface area contributed by atoms with Crippen molar-refractivity contribution < 1.29 is 23.5 Å². The summed E-state index contributed by atoms with van der Waals surface area (Å²) in [5.74, 6) is -0.667. The summed E-state index contributed by atoms with van der Waals surface area (Å²) in [6.07, 6.45) is 0. The van der Waals surface area contributed by atoms with Crippen molar-refractivity contribution >= 4 is 34.8 Å². The van der Waals surface area contributed by atoms with Crippen LogP contribution in [-0.4, -0.2) is 24.3 Å². The summed E-state index contributed by atoms with van der Waals surface area (Å²) < 4.78 is 18.7. The monoisotopic (exact) mass is 433 g/mol. The van der Waals surface area contributed by atoms with Crippen LogP contribution in [0.25, 0.3) is 0 Å². The number of amides is 3. The lowest BCUT2D eigenvalue weighted by atomic mass is 10.1. The number of anilines is 3. The van der Waals surface area contributed by atoms with Gasteiger partial charge in [0, 0.05) is 23.9 Å². The zero-order chi connectivity index (χ0) is 22.7. The Labute approximate surface area is 183 Å². The lowest BCUT2D eigenvalue weighted by Crippen LogP contribution is -2.38. The zero-order valence-electron chi connectivity index (χ0n) is 17.2.